The molecule has 0 N–H and O–H groups in total. The molecule has 0 rings (SSSR count). The molecule has 0 aliphatic heterocycles. The Hall–Kier alpha value is -2.63. The van der Waals surface area contributed by atoms with Crippen LogP contribution in [-0.2, 0) is 28.6 Å². The Morgan fingerprint density at radius 3 is 1.05 bits per heavy atom. The zero-order valence-corrected chi connectivity index (χ0v) is 41.8. The SMILES string of the molecule is CC/C=C\C/C=C\C/C=C\CCCCCC(=O)OC(COC(=O)CCCCCCC/C=C\CCCC)COC(=O)CCCCCCCCCCCCCCCCCCCCCCC. The van der Waals surface area contributed by atoms with Gasteiger partial charge in [0.15, 0.2) is 6.10 Å². The Kier molecular flexibility index (Phi) is 49.8. The van der Waals surface area contributed by atoms with Gasteiger partial charge in [-0.1, -0.05) is 236 Å². The maximum atomic E-state index is 12.8. The molecule has 0 aromatic heterocycles. The van der Waals surface area contributed by atoms with Crippen molar-refractivity contribution in [3.8, 4) is 0 Å². The fourth-order valence-corrected chi connectivity index (χ4v) is 7.73. The fraction of sp³-hybridized carbons (Fsp3) is 0.807. The summed E-state index contributed by atoms with van der Waals surface area (Å²) >= 11 is 0. The molecule has 0 bridgehead atoms. The third-order valence-corrected chi connectivity index (χ3v) is 11.8. The third-order valence-electron chi connectivity index (χ3n) is 11.8. The quantitative estimate of drug-likeness (QED) is 0.0262. The van der Waals surface area contributed by atoms with Gasteiger partial charge < -0.3 is 14.2 Å². The van der Waals surface area contributed by atoms with Crippen molar-refractivity contribution in [3.05, 3.63) is 48.6 Å². The van der Waals surface area contributed by atoms with Gasteiger partial charge in [0.1, 0.15) is 13.2 Å². The van der Waals surface area contributed by atoms with Gasteiger partial charge in [-0.3, -0.25) is 14.4 Å². The number of ether oxygens (including phenoxy) is 3. The molecule has 6 heteroatoms. The zero-order valence-electron chi connectivity index (χ0n) is 41.8. The summed E-state index contributed by atoms with van der Waals surface area (Å²) in [6.07, 6.45) is 62.6. The van der Waals surface area contributed by atoms with Crippen LogP contribution in [0.5, 0.6) is 0 Å². The maximum Gasteiger partial charge on any atom is 0.306 e. The Morgan fingerprint density at radius 1 is 0.333 bits per heavy atom. The van der Waals surface area contributed by atoms with Crippen LogP contribution in [0.25, 0.3) is 0 Å². The number of allylic oxidation sites excluding steroid dienone is 8. The number of esters is 3. The first-order valence-electron chi connectivity index (χ1n) is 27.1. The third kappa shape index (κ3) is 50.2. The number of carbonyl (C=O) groups is 3. The lowest BCUT2D eigenvalue weighted by Gasteiger charge is -2.18. The normalized spacial score (nSPS) is 12.4. The molecular formula is C57H102O6. The Bertz CT molecular complexity index is 1110. The number of rotatable bonds is 49. The van der Waals surface area contributed by atoms with E-state index < -0.39 is 6.10 Å². The molecule has 1 atom stereocenters. The second kappa shape index (κ2) is 52.0. The topological polar surface area (TPSA) is 78.9 Å². The molecule has 6 nitrogen and oxygen atoms in total. The average molecular weight is 883 g/mol. The van der Waals surface area contributed by atoms with Crippen LogP contribution in [0.1, 0.15) is 278 Å². The van der Waals surface area contributed by atoms with E-state index in [4.69, 9.17) is 14.2 Å². The Morgan fingerprint density at radius 2 is 0.635 bits per heavy atom. The molecule has 366 valence electrons. The van der Waals surface area contributed by atoms with Gasteiger partial charge in [0.25, 0.3) is 0 Å². The van der Waals surface area contributed by atoms with Gasteiger partial charge in [-0.2, -0.15) is 0 Å². The van der Waals surface area contributed by atoms with Crippen molar-refractivity contribution in [1.82, 2.24) is 0 Å². The first-order valence-corrected chi connectivity index (χ1v) is 27.1. The highest BCUT2D eigenvalue weighted by Gasteiger charge is 2.19. The van der Waals surface area contributed by atoms with Crippen molar-refractivity contribution in [2.75, 3.05) is 13.2 Å². The monoisotopic (exact) mass is 883 g/mol. The molecular weight excluding hydrogens is 781 g/mol. The molecule has 0 aliphatic carbocycles. The van der Waals surface area contributed by atoms with Crippen LogP contribution in [0.2, 0.25) is 0 Å². The van der Waals surface area contributed by atoms with Crippen LogP contribution >= 0.6 is 0 Å². The molecule has 0 fully saturated rings. The van der Waals surface area contributed by atoms with E-state index in [1.807, 2.05) is 0 Å². The molecule has 0 radical (unpaired) electrons. The van der Waals surface area contributed by atoms with Crippen LogP contribution in [0.4, 0.5) is 0 Å². The van der Waals surface area contributed by atoms with E-state index in [2.05, 4.69) is 69.4 Å². The molecule has 0 aromatic rings. The number of hydrogen-bond acceptors (Lipinski definition) is 6. The smallest absolute Gasteiger partial charge is 0.306 e. The first-order chi connectivity index (χ1) is 31.0. The summed E-state index contributed by atoms with van der Waals surface area (Å²) < 4.78 is 16.8. The van der Waals surface area contributed by atoms with Gasteiger partial charge in [-0.25, -0.2) is 0 Å². The van der Waals surface area contributed by atoms with Crippen molar-refractivity contribution in [3.63, 3.8) is 0 Å². The summed E-state index contributed by atoms with van der Waals surface area (Å²) in [5, 5.41) is 0. The van der Waals surface area contributed by atoms with Crippen molar-refractivity contribution in [2.24, 2.45) is 0 Å². The van der Waals surface area contributed by atoms with Crippen LogP contribution in [-0.4, -0.2) is 37.2 Å². The standard InChI is InChI=1S/C57H102O6/c1-4-7-10-13-16-19-22-24-25-26-27-28-29-30-31-33-35-38-41-44-47-50-56(59)62-53-54(52-61-55(58)49-46-43-40-37-34-21-18-15-12-9-6-3)63-57(60)51-48-45-42-39-36-32-23-20-17-14-11-8-5-2/h8,11,15,17-18,20,32,36,54H,4-7,9-10,12-14,16,19,21-31,33-35,37-53H2,1-3H3/b11-8-,18-15-,20-17-,36-32-. The number of carbonyl (C=O) groups excluding carboxylic acids is 3. The fourth-order valence-electron chi connectivity index (χ4n) is 7.73. The summed E-state index contributed by atoms with van der Waals surface area (Å²) in [7, 11) is 0. The molecule has 1 unspecified atom stereocenters. The van der Waals surface area contributed by atoms with E-state index in [0.29, 0.717) is 19.3 Å². The van der Waals surface area contributed by atoms with Gasteiger partial charge >= 0.3 is 17.9 Å². The summed E-state index contributed by atoms with van der Waals surface area (Å²) in [5.41, 5.74) is 0. The zero-order chi connectivity index (χ0) is 45.8. The molecule has 0 saturated carbocycles. The van der Waals surface area contributed by atoms with E-state index >= 15 is 0 Å². The van der Waals surface area contributed by atoms with Crippen LogP contribution in [0.3, 0.4) is 0 Å². The van der Waals surface area contributed by atoms with Crippen molar-refractivity contribution in [1.29, 1.82) is 0 Å². The average Bonchev–Trinajstić information content (AvgIpc) is 3.28. The second-order valence-corrected chi connectivity index (χ2v) is 18.1. The first kappa shape index (κ1) is 60.4. The predicted octanol–water partition coefficient (Wildman–Crippen LogP) is 17.9. The van der Waals surface area contributed by atoms with Gasteiger partial charge in [0.2, 0.25) is 0 Å². The molecule has 0 saturated heterocycles. The van der Waals surface area contributed by atoms with Gasteiger partial charge in [0.05, 0.1) is 0 Å². The summed E-state index contributed by atoms with van der Waals surface area (Å²) in [5.74, 6) is -0.916. The minimum Gasteiger partial charge on any atom is -0.462 e. The van der Waals surface area contributed by atoms with Crippen LogP contribution in [0, 0.1) is 0 Å². The summed E-state index contributed by atoms with van der Waals surface area (Å²) in [6.45, 7) is 6.48. The van der Waals surface area contributed by atoms with Crippen LogP contribution in [0.15, 0.2) is 48.6 Å². The summed E-state index contributed by atoms with van der Waals surface area (Å²) in [4.78, 5) is 37.9. The lowest BCUT2D eigenvalue weighted by Crippen LogP contribution is -2.30. The minimum atomic E-state index is -0.788. The lowest BCUT2D eigenvalue weighted by molar-refractivity contribution is -0.167. The minimum absolute atomic E-state index is 0.0852. The summed E-state index contributed by atoms with van der Waals surface area (Å²) in [6, 6.07) is 0. The highest BCUT2D eigenvalue weighted by atomic mass is 16.6. The Balaban J connectivity index is 4.28. The molecule has 0 aliphatic rings. The van der Waals surface area contributed by atoms with Gasteiger partial charge in [0, 0.05) is 19.3 Å². The van der Waals surface area contributed by atoms with E-state index in [0.717, 1.165) is 89.9 Å². The van der Waals surface area contributed by atoms with E-state index in [-0.39, 0.29) is 31.1 Å². The van der Waals surface area contributed by atoms with E-state index in [1.165, 1.54) is 148 Å². The maximum absolute atomic E-state index is 12.8. The second-order valence-electron chi connectivity index (χ2n) is 18.1. The van der Waals surface area contributed by atoms with Crippen molar-refractivity contribution >= 4 is 17.9 Å². The largest absolute Gasteiger partial charge is 0.462 e. The van der Waals surface area contributed by atoms with Crippen molar-refractivity contribution in [2.45, 2.75) is 284 Å². The molecule has 0 amide bonds. The van der Waals surface area contributed by atoms with Gasteiger partial charge in [-0.05, 0) is 70.6 Å². The van der Waals surface area contributed by atoms with Crippen molar-refractivity contribution < 1.29 is 28.6 Å². The van der Waals surface area contributed by atoms with Gasteiger partial charge in [-0.15, -0.1) is 0 Å². The van der Waals surface area contributed by atoms with Crippen LogP contribution < -0.4 is 0 Å². The van der Waals surface area contributed by atoms with E-state index in [1.54, 1.807) is 0 Å². The van der Waals surface area contributed by atoms with E-state index in [9.17, 15) is 14.4 Å². The Labute approximate surface area is 390 Å². The predicted molar refractivity (Wildman–Crippen MR) is 270 cm³/mol. The molecule has 63 heavy (non-hydrogen) atoms. The number of unbranched alkanes of at least 4 members (excludes halogenated alkanes) is 30. The highest BCUT2D eigenvalue weighted by Crippen LogP contribution is 2.16. The molecule has 0 spiro atoms. The molecule has 0 aromatic carbocycles. The molecule has 0 heterocycles. The number of hydrogen-bond donors (Lipinski definition) is 0. The lowest BCUT2D eigenvalue weighted by atomic mass is 10.0. The highest BCUT2D eigenvalue weighted by molar-refractivity contribution is 5.71.